The van der Waals surface area contributed by atoms with Gasteiger partial charge in [0.2, 0.25) is 0 Å². The van der Waals surface area contributed by atoms with E-state index in [1.54, 1.807) is 12.1 Å². The van der Waals surface area contributed by atoms with E-state index in [1.807, 2.05) is 0 Å². The third-order valence-electron chi connectivity index (χ3n) is 1.11. The molecule has 0 unspecified atom stereocenters. The maximum absolute atomic E-state index is 8.66. The summed E-state index contributed by atoms with van der Waals surface area (Å²) in [7, 11) is 0. The zero-order valence-corrected chi connectivity index (χ0v) is 6.58. The first-order chi connectivity index (χ1) is 4.74. The molecule has 0 bridgehead atoms. The molecule has 0 aliphatic rings. The average Bonchev–Trinajstić information content (AvgIpc) is 1.88. The van der Waals surface area contributed by atoms with Gasteiger partial charge in [0.05, 0.1) is 16.7 Å². The molecule has 0 amide bonds. The first-order valence-corrected chi connectivity index (χ1v) is 3.46. The van der Waals surface area contributed by atoms with Crippen LogP contribution in [0.2, 0.25) is 10.0 Å². The van der Waals surface area contributed by atoms with E-state index in [9.17, 15) is 0 Å². The van der Waals surface area contributed by atoms with Crippen LogP contribution in [0.1, 0.15) is 5.56 Å². The highest BCUT2D eigenvalue weighted by atomic mass is 35.5. The van der Waals surface area contributed by atoms with Crippen molar-refractivity contribution in [3.8, 4) is 0 Å². The summed E-state index contributed by atoms with van der Waals surface area (Å²) in [5, 5.41) is 9.51. The summed E-state index contributed by atoms with van der Waals surface area (Å²) in [6.07, 6.45) is 0. The van der Waals surface area contributed by atoms with Crippen LogP contribution in [0.15, 0.2) is 12.1 Å². The summed E-state index contributed by atoms with van der Waals surface area (Å²) in [6.45, 7) is -0.0769. The van der Waals surface area contributed by atoms with E-state index in [0.717, 1.165) is 0 Å². The molecular weight excluding hydrogens is 171 g/mol. The second-order valence-electron chi connectivity index (χ2n) is 1.80. The molecule has 0 spiro atoms. The molecule has 1 nitrogen and oxygen atoms in total. The molecular formula is C7H5Cl2O. The van der Waals surface area contributed by atoms with Crippen LogP contribution in [0.3, 0.4) is 0 Å². The summed E-state index contributed by atoms with van der Waals surface area (Å²) in [6, 6.07) is 5.97. The largest absolute Gasteiger partial charge is 0.392 e. The number of aliphatic hydroxyl groups excluding tert-OH is 1. The van der Waals surface area contributed by atoms with Crippen LogP contribution in [0.25, 0.3) is 0 Å². The Bertz CT molecular complexity index is 235. The number of halogens is 2. The van der Waals surface area contributed by atoms with E-state index in [2.05, 4.69) is 6.07 Å². The molecule has 0 saturated heterocycles. The predicted octanol–water partition coefficient (Wildman–Crippen LogP) is 2.29. The Kier molecular flexibility index (Phi) is 2.55. The van der Waals surface area contributed by atoms with Crippen LogP contribution in [0.5, 0.6) is 0 Å². The van der Waals surface area contributed by atoms with E-state index in [0.29, 0.717) is 15.6 Å². The van der Waals surface area contributed by atoms with Gasteiger partial charge in [-0.2, -0.15) is 0 Å². The summed E-state index contributed by atoms with van der Waals surface area (Å²) >= 11 is 11.2. The fourth-order valence-corrected chi connectivity index (χ4v) is 1.03. The number of hydrogen-bond acceptors (Lipinski definition) is 1. The van der Waals surface area contributed by atoms with Crippen molar-refractivity contribution < 1.29 is 5.11 Å². The fourth-order valence-electron chi connectivity index (χ4n) is 0.596. The molecule has 3 heteroatoms. The highest BCUT2D eigenvalue weighted by Gasteiger charge is 1.98. The Morgan fingerprint density at radius 2 is 2.10 bits per heavy atom. The van der Waals surface area contributed by atoms with Crippen molar-refractivity contribution in [3.05, 3.63) is 33.8 Å². The van der Waals surface area contributed by atoms with Gasteiger partial charge in [0, 0.05) is 6.07 Å². The van der Waals surface area contributed by atoms with Gasteiger partial charge < -0.3 is 5.11 Å². The Hall–Kier alpha value is -0.240. The molecule has 0 heterocycles. The van der Waals surface area contributed by atoms with Crippen LogP contribution in [-0.4, -0.2) is 5.11 Å². The summed E-state index contributed by atoms with van der Waals surface area (Å²) in [4.78, 5) is 0. The van der Waals surface area contributed by atoms with Gasteiger partial charge in [0.1, 0.15) is 0 Å². The molecule has 0 aliphatic heterocycles. The van der Waals surface area contributed by atoms with Gasteiger partial charge in [-0.1, -0.05) is 29.3 Å². The number of aliphatic hydroxyl groups is 1. The molecule has 0 fully saturated rings. The van der Waals surface area contributed by atoms with Crippen molar-refractivity contribution in [2.45, 2.75) is 6.61 Å². The molecule has 1 radical (unpaired) electrons. The van der Waals surface area contributed by atoms with Crippen LogP contribution in [-0.2, 0) is 6.61 Å². The van der Waals surface area contributed by atoms with Gasteiger partial charge >= 0.3 is 0 Å². The van der Waals surface area contributed by atoms with Crippen molar-refractivity contribution in [3.63, 3.8) is 0 Å². The van der Waals surface area contributed by atoms with Gasteiger partial charge in [0.25, 0.3) is 0 Å². The first-order valence-electron chi connectivity index (χ1n) is 2.71. The molecule has 0 aromatic heterocycles. The standard InChI is InChI=1S/C7H5Cl2O/c8-6-2-1-5(4-10)7(9)3-6/h1-2,10H,4H2. The highest BCUT2D eigenvalue weighted by molar-refractivity contribution is 6.34. The van der Waals surface area contributed by atoms with E-state index >= 15 is 0 Å². The third-order valence-corrected chi connectivity index (χ3v) is 1.67. The maximum Gasteiger partial charge on any atom is 0.0696 e. The van der Waals surface area contributed by atoms with Gasteiger partial charge in [-0.3, -0.25) is 0 Å². The van der Waals surface area contributed by atoms with Crippen molar-refractivity contribution in [2.24, 2.45) is 0 Å². The normalized spacial score (nSPS) is 9.90. The average molecular weight is 176 g/mol. The molecule has 10 heavy (non-hydrogen) atoms. The summed E-state index contributed by atoms with van der Waals surface area (Å²) in [5.41, 5.74) is 0.645. The zero-order valence-electron chi connectivity index (χ0n) is 5.06. The Morgan fingerprint density at radius 1 is 1.40 bits per heavy atom. The SMILES string of the molecule is OCc1ccc(Cl)[c]c1Cl. The molecule has 1 aromatic rings. The molecule has 1 aromatic carbocycles. The zero-order chi connectivity index (χ0) is 7.56. The quantitative estimate of drug-likeness (QED) is 0.695. The second kappa shape index (κ2) is 3.24. The van der Waals surface area contributed by atoms with Gasteiger partial charge in [-0.15, -0.1) is 0 Å². The second-order valence-corrected chi connectivity index (χ2v) is 2.59. The van der Waals surface area contributed by atoms with Gasteiger partial charge in [-0.25, -0.2) is 0 Å². The lowest BCUT2D eigenvalue weighted by Gasteiger charge is -1.97. The molecule has 0 atom stereocenters. The minimum Gasteiger partial charge on any atom is -0.392 e. The van der Waals surface area contributed by atoms with Crippen molar-refractivity contribution >= 4 is 23.2 Å². The van der Waals surface area contributed by atoms with E-state index in [4.69, 9.17) is 28.3 Å². The lowest BCUT2D eigenvalue weighted by molar-refractivity contribution is 0.282. The van der Waals surface area contributed by atoms with Crippen LogP contribution in [0.4, 0.5) is 0 Å². The van der Waals surface area contributed by atoms with Crippen LogP contribution >= 0.6 is 23.2 Å². The highest BCUT2D eigenvalue weighted by Crippen LogP contribution is 2.19. The minimum absolute atomic E-state index is 0.0769. The van der Waals surface area contributed by atoms with E-state index in [-0.39, 0.29) is 6.61 Å². The molecule has 1 rings (SSSR count). The van der Waals surface area contributed by atoms with Crippen molar-refractivity contribution in [1.29, 1.82) is 0 Å². The lowest BCUT2D eigenvalue weighted by atomic mass is 10.2. The minimum atomic E-state index is -0.0769. The molecule has 0 saturated carbocycles. The van der Waals surface area contributed by atoms with Crippen molar-refractivity contribution in [2.75, 3.05) is 0 Å². The number of benzene rings is 1. The van der Waals surface area contributed by atoms with E-state index < -0.39 is 0 Å². The Labute approximate surface area is 69.2 Å². The molecule has 53 valence electrons. The predicted molar refractivity (Wildman–Crippen MR) is 41.2 cm³/mol. The lowest BCUT2D eigenvalue weighted by Crippen LogP contribution is -1.83. The third kappa shape index (κ3) is 1.63. The Morgan fingerprint density at radius 3 is 2.60 bits per heavy atom. The Balaban J connectivity index is 3.07. The first kappa shape index (κ1) is 7.86. The number of hydrogen-bond donors (Lipinski definition) is 1. The van der Waals surface area contributed by atoms with Crippen molar-refractivity contribution in [1.82, 2.24) is 0 Å². The monoisotopic (exact) mass is 175 g/mol. The van der Waals surface area contributed by atoms with E-state index in [1.165, 1.54) is 0 Å². The van der Waals surface area contributed by atoms with Crippen LogP contribution in [0, 0.1) is 6.07 Å². The van der Waals surface area contributed by atoms with Gasteiger partial charge in [-0.05, 0) is 11.6 Å². The van der Waals surface area contributed by atoms with Gasteiger partial charge in [0.15, 0.2) is 0 Å². The summed E-state index contributed by atoms with van der Waals surface area (Å²) in [5.74, 6) is 0. The smallest absolute Gasteiger partial charge is 0.0696 e. The summed E-state index contributed by atoms with van der Waals surface area (Å²) < 4.78 is 0. The maximum atomic E-state index is 8.66. The van der Waals surface area contributed by atoms with Crippen LogP contribution < -0.4 is 0 Å². The molecule has 0 aliphatic carbocycles. The molecule has 1 N–H and O–H groups in total. The topological polar surface area (TPSA) is 20.2 Å². The fraction of sp³-hybridized carbons (Fsp3) is 0.143. The number of rotatable bonds is 1.